The Balaban J connectivity index is 1.59. The molecule has 2 aromatic heterocycles. The summed E-state index contributed by atoms with van der Waals surface area (Å²) in [4.78, 5) is 27.4. The van der Waals surface area contributed by atoms with Gasteiger partial charge in [0.25, 0.3) is 0 Å². The predicted molar refractivity (Wildman–Crippen MR) is 87.4 cm³/mol. The maximum absolute atomic E-state index is 12.4. The van der Waals surface area contributed by atoms with Gasteiger partial charge in [-0.2, -0.15) is 0 Å². The van der Waals surface area contributed by atoms with Crippen molar-refractivity contribution in [2.45, 2.75) is 46.2 Å². The second kappa shape index (κ2) is 6.86. The van der Waals surface area contributed by atoms with Gasteiger partial charge in [0.05, 0.1) is 12.2 Å². The predicted octanol–water partition coefficient (Wildman–Crippen LogP) is 2.55. The molecule has 0 bridgehead atoms. The molecule has 0 aromatic carbocycles. The van der Waals surface area contributed by atoms with Crippen molar-refractivity contribution in [2.24, 2.45) is 5.92 Å². The first-order valence-corrected chi connectivity index (χ1v) is 8.12. The van der Waals surface area contributed by atoms with Crippen LogP contribution >= 0.6 is 0 Å². The fourth-order valence-corrected chi connectivity index (χ4v) is 2.79. The highest BCUT2D eigenvalue weighted by atomic mass is 16.2. The molecule has 1 amide bonds. The molecule has 23 heavy (non-hydrogen) atoms. The quantitative estimate of drug-likeness (QED) is 0.851. The lowest BCUT2D eigenvalue weighted by molar-refractivity contribution is -0.131. The first-order valence-electron chi connectivity index (χ1n) is 8.12. The molecule has 3 heterocycles. The Labute approximate surface area is 136 Å². The maximum Gasteiger partial charge on any atom is 0.223 e. The van der Waals surface area contributed by atoms with Crippen LogP contribution in [0.3, 0.4) is 0 Å². The number of rotatable bonds is 5. The molecule has 0 radical (unpaired) electrons. The average molecular weight is 310 g/mol. The maximum atomic E-state index is 12.4. The van der Waals surface area contributed by atoms with Crippen molar-refractivity contribution in [3.8, 4) is 0 Å². The van der Waals surface area contributed by atoms with E-state index in [0.29, 0.717) is 25.4 Å². The number of carbonyl (C=O) groups is 1. The van der Waals surface area contributed by atoms with Gasteiger partial charge < -0.3 is 4.90 Å². The molecule has 0 aliphatic carbocycles. The minimum Gasteiger partial charge on any atom is -0.332 e. The van der Waals surface area contributed by atoms with E-state index >= 15 is 0 Å². The Morgan fingerprint density at radius 2 is 2.17 bits per heavy atom. The first-order chi connectivity index (χ1) is 11.1. The van der Waals surface area contributed by atoms with Crippen LogP contribution in [0.1, 0.15) is 42.9 Å². The van der Waals surface area contributed by atoms with Gasteiger partial charge in [0, 0.05) is 43.5 Å². The molecule has 0 saturated heterocycles. The molecule has 0 spiro atoms. The van der Waals surface area contributed by atoms with Crippen molar-refractivity contribution in [3.05, 3.63) is 53.4 Å². The summed E-state index contributed by atoms with van der Waals surface area (Å²) in [5, 5.41) is 0. The van der Waals surface area contributed by atoms with Crippen LogP contribution in [0.5, 0.6) is 0 Å². The Bertz CT molecular complexity index is 685. The topological polar surface area (TPSA) is 59.0 Å². The third-order valence-corrected chi connectivity index (χ3v) is 4.00. The number of fused-ring (bicyclic) bond motifs is 1. The van der Waals surface area contributed by atoms with Crippen molar-refractivity contribution in [1.29, 1.82) is 0 Å². The molecule has 5 nitrogen and oxygen atoms in total. The molecule has 1 aliphatic rings. The lowest BCUT2D eigenvalue weighted by Crippen LogP contribution is -2.25. The van der Waals surface area contributed by atoms with Crippen LogP contribution in [0.4, 0.5) is 0 Å². The average Bonchev–Trinajstić information content (AvgIpc) is 2.96. The molecule has 0 fully saturated rings. The van der Waals surface area contributed by atoms with E-state index < -0.39 is 0 Å². The van der Waals surface area contributed by atoms with Crippen LogP contribution in [0.2, 0.25) is 0 Å². The summed E-state index contributed by atoms with van der Waals surface area (Å²) in [6.45, 7) is 5.55. The zero-order valence-corrected chi connectivity index (χ0v) is 13.7. The number of amides is 1. The van der Waals surface area contributed by atoms with E-state index in [9.17, 15) is 4.79 Å². The molecule has 0 saturated carbocycles. The number of hydrogen-bond donors (Lipinski definition) is 0. The van der Waals surface area contributed by atoms with Crippen LogP contribution < -0.4 is 0 Å². The van der Waals surface area contributed by atoms with Gasteiger partial charge in [-0.15, -0.1) is 0 Å². The molecule has 3 rings (SSSR count). The summed E-state index contributed by atoms with van der Waals surface area (Å²) in [7, 11) is 0. The smallest absolute Gasteiger partial charge is 0.223 e. The van der Waals surface area contributed by atoms with Gasteiger partial charge in [-0.1, -0.05) is 19.9 Å². The molecule has 120 valence electrons. The van der Waals surface area contributed by atoms with Crippen LogP contribution in [0, 0.1) is 5.92 Å². The molecule has 2 aromatic rings. The van der Waals surface area contributed by atoms with Crippen molar-refractivity contribution < 1.29 is 4.79 Å². The highest BCUT2D eigenvalue weighted by Crippen LogP contribution is 2.22. The Morgan fingerprint density at radius 3 is 2.91 bits per heavy atom. The number of aryl methyl sites for hydroxylation is 1. The second-order valence-electron chi connectivity index (χ2n) is 6.47. The second-order valence-corrected chi connectivity index (χ2v) is 6.47. The van der Waals surface area contributed by atoms with Crippen molar-refractivity contribution in [2.75, 3.05) is 0 Å². The van der Waals surface area contributed by atoms with Gasteiger partial charge in [0.2, 0.25) is 5.91 Å². The lowest BCUT2D eigenvalue weighted by atomic mass is 10.1. The summed E-state index contributed by atoms with van der Waals surface area (Å²) in [6, 6.07) is 3.90. The van der Waals surface area contributed by atoms with E-state index in [0.717, 1.165) is 35.5 Å². The van der Waals surface area contributed by atoms with Gasteiger partial charge in [-0.3, -0.25) is 9.78 Å². The number of pyridine rings is 1. The minimum absolute atomic E-state index is 0.164. The summed E-state index contributed by atoms with van der Waals surface area (Å²) in [5.41, 5.74) is 3.18. The Kier molecular flexibility index (Phi) is 4.65. The summed E-state index contributed by atoms with van der Waals surface area (Å²) in [5.74, 6) is 1.58. The fraction of sp³-hybridized carbons (Fsp3) is 0.444. The molecule has 0 unspecified atom stereocenters. The van der Waals surface area contributed by atoms with Gasteiger partial charge in [0.15, 0.2) is 0 Å². The van der Waals surface area contributed by atoms with Gasteiger partial charge in [-0.05, 0) is 24.0 Å². The fourth-order valence-electron chi connectivity index (χ4n) is 2.79. The molecule has 0 atom stereocenters. The summed E-state index contributed by atoms with van der Waals surface area (Å²) in [6.07, 6.45) is 7.55. The number of nitrogens with zero attached hydrogens (tertiary/aromatic N) is 4. The summed E-state index contributed by atoms with van der Waals surface area (Å²) < 4.78 is 0. The van der Waals surface area contributed by atoms with E-state index in [1.165, 1.54) is 0 Å². The van der Waals surface area contributed by atoms with Gasteiger partial charge in [0.1, 0.15) is 5.82 Å². The molecule has 5 heteroatoms. The Morgan fingerprint density at radius 1 is 1.30 bits per heavy atom. The van der Waals surface area contributed by atoms with Crippen molar-refractivity contribution in [3.63, 3.8) is 0 Å². The SMILES string of the molecule is CC(C)Cc1ncc2c(n1)CN(C(=O)CCc1cccnc1)C2. The molecule has 0 N–H and O–H groups in total. The third-order valence-electron chi connectivity index (χ3n) is 4.00. The number of aromatic nitrogens is 3. The van der Waals surface area contributed by atoms with Crippen LogP contribution in [-0.2, 0) is 30.7 Å². The number of hydrogen-bond acceptors (Lipinski definition) is 4. The van der Waals surface area contributed by atoms with Crippen LogP contribution in [-0.4, -0.2) is 25.8 Å². The minimum atomic E-state index is 0.164. The zero-order valence-electron chi connectivity index (χ0n) is 13.7. The van der Waals surface area contributed by atoms with E-state index in [4.69, 9.17) is 0 Å². The highest BCUT2D eigenvalue weighted by Gasteiger charge is 2.25. The monoisotopic (exact) mass is 310 g/mol. The van der Waals surface area contributed by atoms with E-state index in [1.807, 2.05) is 29.4 Å². The van der Waals surface area contributed by atoms with E-state index in [1.54, 1.807) is 6.20 Å². The van der Waals surface area contributed by atoms with Gasteiger partial charge in [-0.25, -0.2) is 9.97 Å². The van der Waals surface area contributed by atoms with Gasteiger partial charge >= 0.3 is 0 Å². The first kappa shape index (κ1) is 15.6. The lowest BCUT2D eigenvalue weighted by Gasteiger charge is -2.14. The highest BCUT2D eigenvalue weighted by molar-refractivity contribution is 5.77. The largest absolute Gasteiger partial charge is 0.332 e. The van der Waals surface area contributed by atoms with Crippen LogP contribution in [0.15, 0.2) is 30.7 Å². The van der Waals surface area contributed by atoms with Crippen molar-refractivity contribution in [1.82, 2.24) is 19.9 Å². The van der Waals surface area contributed by atoms with E-state index in [-0.39, 0.29) is 5.91 Å². The third kappa shape index (κ3) is 3.92. The standard InChI is InChI=1S/C18H22N4O/c1-13(2)8-17-20-10-15-11-22(12-16(15)21-17)18(23)6-5-14-4-3-7-19-9-14/h3-4,7,9-10,13H,5-6,8,11-12H2,1-2H3. The normalized spacial score (nSPS) is 13.4. The zero-order chi connectivity index (χ0) is 16.2. The van der Waals surface area contributed by atoms with Crippen LogP contribution in [0.25, 0.3) is 0 Å². The Hall–Kier alpha value is -2.30. The molecular weight excluding hydrogens is 288 g/mol. The molecule has 1 aliphatic heterocycles. The molecular formula is C18H22N4O. The van der Waals surface area contributed by atoms with Crippen molar-refractivity contribution >= 4 is 5.91 Å². The van der Waals surface area contributed by atoms with E-state index in [2.05, 4.69) is 28.8 Å². The summed E-state index contributed by atoms with van der Waals surface area (Å²) >= 11 is 0. The number of carbonyl (C=O) groups excluding carboxylic acids is 1.